The second kappa shape index (κ2) is 4.23. The van der Waals surface area contributed by atoms with Gasteiger partial charge in [-0.25, -0.2) is 9.97 Å². The number of aromatic nitrogens is 2. The predicted molar refractivity (Wildman–Crippen MR) is 60.1 cm³/mol. The molecule has 2 heterocycles. The van der Waals surface area contributed by atoms with E-state index in [4.69, 9.17) is 10.5 Å². The summed E-state index contributed by atoms with van der Waals surface area (Å²) in [7, 11) is 0. The number of nitrogen functional groups attached to an aromatic ring is 1. The molecule has 0 bridgehead atoms. The van der Waals surface area contributed by atoms with Crippen LogP contribution in [0.5, 0.6) is 0 Å². The number of rotatable bonds is 3. The molecule has 1 aromatic rings. The van der Waals surface area contributed by atoms with Crippen LogP contribution in [0.3, 0.4) is 0 Å². The molecule has 1 saturated heterocycles. The van der Waals surface area contributed by atoms with Crippen LogP contribution in [0.1, 0.15) is 12.2 Å². The third-order valence-corrected chi connectivity index (χ3v) is 2.54. The molecule has 1 fully saturated rings. The van der Waals surface area contributed by atoms with Crippen LogP contribution in [0.2, 0.25) is 0 Å². The zero-order valence-electron chi connectivity index (χ0n) is 9.23. The van der Waals surface area contributed by atoms with Crippen molar-refractivity contribution in [3.05, 3.63) is 11.9 Å². The number of aryl methyl sites for hydroxylation is 1. The van der Waals surface area contributed by atoms with Crippen LogP contribution in [0.4, 0.5) is 11.6 Å². The monoisotopic (exact) mass is 224 g/mol. The number of hydrogen-bond acceptors (Lipinski definition) is 6. The lowest BCUT2D eigenvalue weighted by molar-refractivity contribution is 0.0381. The minimum absolute atomic E-state index is 0.361. The smallest absolute Gasteiger partial charge is 0.131 e. The summed E-state index contributed by atoms with van der Waals surface area (Å²) in [5.74, 6) is 1.66. The van der Waals surface area contributed by atoms with Gasteiger partial charge in [0.2, 0.25) is 0 Å². The fourth-order valence-electron chi connectivity index (χ4n) is 1.67. The van der Waals surface area contributed by atoms with Gasteiger partial charge in [-0.15, -0.1) is 0 Å². The highest BCUT2D eigenvalue weighted by molar-refractivity contribution is 5.44. The Balaban J connectivity index is 1.98. The second-order valence-electron chi connectivity index (χ2n) is 4.11. The Morgan fingerprint density at radius 3 is 3.06 bits per heavy atom. The topological polar surface area (TPSA) is 93.3 Å². The van der Waals surface area contributed by atoms with E-state index in [-0.39, 0.29) is 0 Å². The van der Waals surface area contributed by atoms with Crippen LogP contribution in [0.25, 0.3) is 0 Å². The standard InChI is InChI=1S/C10H16N4O2/c1-7-13-8(11)4-9(14-7)12-5-10(15)2-3-16-6-10/h4,15H,2-3,5-6H2,1H3,(H3,11,12,13,14). The van der Waals surface area contributed by atoms with Gasteiger partial charge in [0.25, 0.3) is 0 Å². The van der Waals surface area contributed by atoms with Crippen LogP contribution in [-0.4, -0.2) is 40.4 Å². The van der Waals surface area contributed by atoms with E-state index in [9.17, 15) is 5.11 Å². The van der Waals surface area contributed by atoms with Gasteiger partial charge in [0.1, 0.15) is 23.1 Å². The van der Waals surface area contributed by atoms with Gasteiger partial charge in [0, 0.05) is 25.6 Å². The molecule has 6 heteroatoms. The third-order valence-electron chi connectivity index (χ3n) is 2.54. The fourth-order valence-corrected chi connectivity index (χ4v) is 1.67. The first-order valence-electron chi connectivity index (χ1n) is 5.23. The largest absolute Gasteiger partial charge is 0.386 e. The van der Waals surface area contributed by atoms with Crippen LogP contribution in [0.15, 0.2) is 6.07 Å². The van der Waals surface area contributed by atoms with E-state index in [0.29, 0.717) is 43.6 Å². The Labute approximate surface area is 93.9 Å². The Hall–Kier alpha value is -1.40. The maximum Gasteiger partial charge on any atom is 0.131 e. The summed E-state index contributed by atoms with van der Waals surface area (Å²) in [6.45, 7) is 3.14. The van der Waals surface area contributed by atoms with Crippen molar-refractivity contribution in [3.8, 4) is 0 Å². The van der Waals surface area contributed by atoms with E-state index in [1.807, 2.05) is 0 Å². The molecule has 1 aliphatic heterocycles. The van der Waals surface area contributed by atoms with E-state index >= 15 is 0 Å². The van der Waals surface area contributed by atoms with Crippen molar-refractivity contribution >= 4 is 11.6 Å². The van der Waals surface area contributed by atoms with Crippen molar-refractivity contribution in [1.82, 2.24) is 9.97 Å². The first-order chi connectivity index (χ1) is 7.57. The van der Waals surface area contributed by atoms with Gasteiger partial charge in [-0.2, -0.15) is 0 Å². The van der Waals surface area contributed by atoms with E-state index in [1.54, 1.807) is 13.0 Å². The summed E-state index contributed by atoms with van der Waals surface area (Å²) in [6.07, 6.45) is 0.638. The molecular weight excluding hydrogens is 208 g/mol. The zero-order valence-corrected chi connectivity index (χ0v) is 9.23. The fraction of sp³-hybridized carbons (Fsp3) is 0.600. The summed E-state index contributed by atoms with van der Waals surface area (Å²) < 4.78 is 5.15. The van der Waals surface area contributed by atoms with Gasteiger partial charge in [0.15, 0.2) is 0 Å². The normalized spacial score (nSPS) is 24.6. The van der Waals surface area contributed by atoms with Crippen molar-refractivity contribution in [1.29, 1.82) is 0 Å². The minimum Gasteiger partial charge on any atom is -0.386 e. The zero-order chi connectivity index (χ0) is 11.6. The second-order valence-corrected chi connectivity index (χ2v) is 4.11. The van der Waals surface area contributed by atoms with Crippen molar-refractivity contribution in [3.63, 3.8) is 0 Å². The van der Waals surface area contributed by atoms with E-state index in [0.717, 1.165) is 0 Å². The van der Waals surface area contributed by atoms with E-state index in [2.05, 4.69) is 15.3 Å². The number of aliphatic hydroxyl groups is 1. The first-order valence-corrected chi connectivity index (χ1v) is 5.23. The molecule has 6 nitrogen and oxygen atoms in total. The molecule has 0 spiro atoms. The highest BCUT2D eigenvalue weighted by Crippen LogP contribution is 2.19. The molecular formula is C10H16N4O2. The Bertz CT molecular complexity index is 357. The van der Waals surface area contributed by atoms with Crippen LogP contribution in [-0.2, 0) is 4.74 Å². The number of nitrogens with two attached hydrogens (primary N) is 1. The van der Waals surface area contributed by atoms with Crippen molar-refractivity contribution in [2.75, 3.05) is 30.8 Å². The molecule has 0 aromatic carbocycles. The molecule has 0 amide bonds. The molecule has 0 radical (unpaired) electrons. The van der Waals surface area contributed by atoms with Crippen LogP contribution < -0.4 is 11.1 Å². The summed E-state index contributed by atoms with van der Waals surface area (Å²) >= 11 is 0. The van der Waals surface area contributed by atoms with E-state index < -0.39 is 5.60 Å². The third kappa shape index (κ3) is 2.59. The lowest BCUT2D eigenvalue weighted by atomic mass is 10.0. The van der Waals surface area contributed by atoms with Gasteiger partial charge in [-0.1, -0.05) is 0 Å². The van der Waals surface area contributed by atoms with Crippen molar-refractivity contribution in [2.45, 2.75) is 18.9 Å². The maximum absolute atomic E-state index is 10.0. The Kier molecular flexibility index (Phi) is 2.93. The lowest BCUT2D eigenvalue weighted by Gasteiger charge is -2.21. The molecule has 4 N–H and O–H groups in total. The number of anilines is 2. The summed E-state index contributed by atoms with van der Waals surface area (Å²) in [5, 5.41) is 13.1. The maximum atomic E-state index is 10.0. The van der Waals surface area contributed by atoms with E-state index in [1.165, 1.54) is 0 Å². The molecule has 1 unspecified atom stereocenters. The average molecular weight is 224 g/mol. The molecule has 0 aliphatic carbocycles. The average Bonchev–Trinajstić information content (AvgIpc) is 2.62. The molecule has 0 saturated carbocycles. The number of ether oxygens (including phenoxy) is 1. The van der Waals surface area contributed by atoms with Crippen LogP contribution >= 0.6 is 0 Å². The summed E-state index contributed by atoms with van der Waals surface area (Å²) in [5.41, 5.74) is 4.80. The number of nitrogens with zero attached hydrogens (tertiary/aromatic N) is 2. The van der Waals surface area contributed by atoms with Gasteiger partial charge in [-0.05, 0) is 6.92 Å². The van der Waals surface area contributed by atoms with Crippen LogP contribution in [0, 0.1) is 6.92 Å². The van der Waals surface area contributed by atoms with Gasteiger partial charge < -0.3 is 20.9 Å². The molecule has 16 heavy (non-hydrogen) atoms. The highest BCUT2D eigenvalue weighted by Gasteiger charge is 2.31. The predicted octanol–water partition coefficient (Wildman–Crippen LogP) is -0.0695. The molecule has 1 aliphatic rings. The number of nitrogens with one attached hydrogen (secondary N) is 1. The lowest BCUT2D eigenvalue weighted by Crippen LogP contribution is -2.37. The van der Waals surface area contributed by atoms with Gasteiger partial charge in [-0.3, -0.25) is 0 Å². The molecule has 1 aromatic heterocycles. The SMILES string of the molecule is Cc1nc(N)cc(NCC2(O)CCOC2)n1. The molecule has 2 rings (SSSR count). The highest BCUT2D eigenvalue weighted by atomic mass is 16.5. The first kappa shape index (κ1) is 11.1. The summed E-state index contributed by atoms with van der Waals surface area (Å²) in [6, 6.07) is 1.65. The van der Waals surface area contributed by atoms with Gasteiger partial charge >= 0.3 is 0 Å². The minimum atomic E-state index is -0.798. The van der Waals surface area contributed by atoms with Crippen molar-refractivity contribution < 1.29 is 9.84 Å². The number of hydrogen-bond donors (Lipinski definition) is 3. The Morgan fingerprint density at radius 1 is 1.62 bits per heavy atom. The summed E-state index contributed by atoms with van der Waals surface area (Å²) in [4.78, 5) is 8.14. The van der Waals surface area contributed by atoms with Crippen molar-refractivity contribution in [2.24, 2.45) is 0 Å². The van der Waals surface area contributed by atoms with Gasteiger partial charge in [0.05, 0.1) is 6.61 Å². The quantitative estimate of drug-likeness (QED) is 0.665. The molecule has 1 atom stereocenters. The Morgan fingerprint density at radius 2 is 2.44 bits per heavy atom. The molecule has 88 valence electrons.